The molecule has 3 rings (SSSR count). The van der Waals surface area contributed by atoms with Crippen LogP contribution >= 0.6 is 11.3 Å². The molecule has 2 heterocycles. The molecule has 1 aliphatic heterocycles. The molecule has 0 bridgehead atoms. The molecule has 4 heteroatoms. The Labute approximate surface area is 116 Å². The molecule has 0 spiro atoms. The van der Waals surface area contributed by atoms with Gasteiger partial charge in [-0.3, -0.25) is 9.69 Å². The molecule has 2 aromatic rings. The first kappa shape index (κ1) is 12.2. The quantitative estimate of drug-likeness (QED) is 0.746. The molecule has 1 unspecified atom stereocenters. The highest BCUT2D eigenvalue weighted by Gasteiger charge is 2.31. The number of nitrogens with zero attached hydrogens (tertiary/aromatic N) is 2. The van der Waals surface area contributed by atoms with Crippen molar-refractivity contribution in [3.63, 3.8) is 0 Å². The zero-order chi connectivity index (χ0) is 13.6. The number of fused-ring (bicyclic) bond motifs is 1. The predicted molar refractivity (Wildman–Crippen MR) is 78.4 cm³/mol. The van der Waals surface area contributed by atoms with E-state index in [2.05, 4.69) is 36.9 Å². The maximum atomic E-state index is 12.0. The highest BCUT2D eigenvalue weighted by Crippen LogP contribution is 2.34. The van der Waals surface area contributed by atoms with Crippen LogP contribution in [0.5, 0.6) is 0 Å². The summed E-state index contributed by atoms with van der Waals surface area (Å²) in [7, 11) is 0. The SMILES string of the molecule is C#CC1CC(=O)N(c2nc3c(C)cc(C)cc3s2)C1. The Morgan fingerprint density at radius 1 is 1.47 bits per heavy atom. The summed E-state index contributed by atoms with van der Waals surface area (Å²) in [5, 5.41) is 0.770. The summed E-state index contributed by atoms with van der Waals surface area (Å²) in [5.41, 5.74) is 3.36. The number of benzene rings is 1. The Kier molecular flexibility index (Phi) is 2.79. The molecule has 0 aliphatic carbocycles. The third kappa shape index (κ3) is 2.00. The number of anilines is 1. The van der Waals surface area contributed by atoms with Gasteiger partial charge in [0.05, 0.1) is 10.2 Å². The first-order valence-corrected chi connectivity index (χ1v) is 7.04. The van der Waals surface area contributed by atoms with Gasteiger partial charge < -0.3 is 0 Å². The molecule has 3 nitrogen and oxygen atoms in total. The van der Waals surface area contributed by atoms with E-state index in [0.717, 1.165) is 20.9 Å². The van der Waals surface area contributed by atoms with Crippen molar-refractivity contribution in [2.24, 2.45) is 5.92 Å². The second-order valence-electron chi connectivity index (χ2n) is 5.00. The second kappa shape index (κ2) is 4.36. The van der Waals surface area contributed by atoms with Crippen molar-refractivity contribution in [1.29, 1.82) is 0 Å². The van der Waals surface area contributed by atoms with Crippen LogP contribution in [0, 0.1) is 32.1 Å². The van der Waals surface area contributed by atoms with E-state index in [1.807, 2.05) is 0 Å². The van der Waals surface area contributed by atoms with Crippen molar-refractivity contribution >= 4 is 32.6 Å². The molecule has 1 aliphatic rings. The number of amides is 1. The summed E-state index contributed by atoms with van der Waals surface area (Å²) in [6.07, 6.45) is 5.84. The summed E-state index contributed by atoms with van der Waals surface area (Å²) in [4.78, 5) is 18.3. The van der Waals surface area contributed by atoms with Gasteiger partial charge in [0.2, 0.25) is 5.91 Å². The van der Waals surface area contributed by atoms with Gasteiger partial charge in [-0.25, -0.2) is 4.98 Å². The van der Waals surface area contributed by atoms with Gasteiger partial charge in [-0.15, -0.1) is 12.3 Å². The molecule has 0 N–H and O–H groups in total. The van der Waals surface area contributed by atoms with Crippen molar-refractivity contribution in [3.05, 3.63) is 23.3 Å². The number of aromatic nitrogens is 1. The Hall–Kier alpha value is -1.86. The van der Waals surface area contributed by atoms with E-state index in [0.29, 0.717) is 13.0 Å². The van der Waals surface area contributed by atoms with Crippen LogP contribution in [0.1, 0.15) is 17.5 Å². The number of carbonyl (C=O) groups excluding carboxylic acids is 1. The topological polar surface area (TPSA) is 33.2 Å². The highest BCUT2D eigenvalue weighted by molar-refractivity contribution is 7.22. The Morgan fingerprint density at radius 2 is 2.26 bits per heavy atom. The number of rotatable bonds is 1. The fraction of sp³-hybridized carbons (Fsp3) is 0.333. The van der Waals surface area contributed by atoms with Gasteiger partial charge in [-0.05, 0) is 31.0 Å². The number of carbonyl (C=O) groups is 1. The zero-order valence-electron chi connectivity index (χ0n) is 10.9. The lowest BCUT2D eigenvalue weighted by molar-refractivity contribution is -0.117. The second-order valence-corrected chi connectivity index (χ2v) is 6.01. The standard InChI is InChI=1S/C15H14N2OS/c1-4-11-7-13(18)17(8-11)15-16-14-10(3)5-9(2)6-12(14)19-15/h1,5-6,11H,7-8H2,2-3H3. The van der Waals surface area contributed by atoms with Crippen LogP contribution in [-0.2, 0) is 4.79 Å². The van der Waals surface area contributed by atoms with E-state index in [-0.39, 0.29) is 11.8 Å². The van der Waals surface area contributed by atoms with E-state index in [4.69, 9.17) is 6.42 Å². The van der Waals surface area contributed by atoms with E-state index < -0.39 is 0 Å². The van der Waals surface area contributed by atoms with Crippen LogP contribution in [0.15, 0.2) is 12.1 Å². The smallest absolute Gasteiger partial charge is 0.230 e. The van der Waals surface area contributed by atoms with Gasteiger partial charge in [0, 0.05) is 18.9 Å². The normalized spacial score (nSPS) is 19.1. The van der Waals surface area contributed by atoms with E-state index in [9.17, 15) is 4.79 Å². The number of terminal acetylenes is 1. The Balaban J connectivity index is 2.05. The number of aryl methyl sites for hydroxylation is 2. The zero-order valence-corrected chi connectivity index (χ0v) is 11.8. The minimum Gasteiger partial charge on any atom is -0.287 e. The van der Waals surface area contributed by atoms with Crippen molar-refractivity contribution in [1.82, 2.24) is 4.98 Å². The molecule has 0 radical (unpaired) electrons. The Bertz CT molecular complexity index is 711. The van der Waals surface area contributed by atoms with Crippen LogP contribution in [0.3, 0.4) is 0 Å². The highest BCUT2D eigenvalue weighted by atomic mass is 32.1. The molecule has 1 amide bonds. The first-order chi connectivity index (χ1) is 9.08. The summed E-state index contributed by atoms with van der Waals surface area (Å²) in [6, 6.07) is 4.23. The number of hydrogen-bond acceptors (Lipinski definition) is 3. The fourth-order valence-electron chi connectivity index (χ4n) is 2.48. The summed E-state index contributed by atoms with van der Waals surface area (Å²) < 4.78 is 1.13. The van der Waals surface area contributed by atoms with Gasteiger partial charge >= 0.3 is 0 Å². The van der Waals surface area contributed by atoms with E-state index in [1.54, 1.807) is 16.2 Å². The summed E-state index contributed by atoms with van der Waals surface area (Å²) >= 11 is 1.56. The molecular formula is C15H14N2OS. The first-order valence-electron chi connectivity index (χ1n) is 6.23. The lowest BCUT2D eigenvalue weighted by Gasteiger charge is -2.10. The molecule has 96 valence electrons. The molecule has 1 fully saturated rings. The molecule has 19 heavy (non-hydrogen) atoms. The van der Waals surface area contributed by atoms with Crippen molar-refractivity contribution < 1.29 is 4.79 Å². The van der Waals surface area contributed by atoms with Crippen LogP contribution in [0.4, 0.5) is 5.13 Å². The summed E-state index contributed by atoms with van der Waals surface area (Å²) in [5.74, 6) is 2.76. The van der Waals surface area contributed by atoms with Gasteiger partial charge in [0.15, 0.2) is 5.13 Å². The fourth-order valence-corrected chi connectivity index (χ4v) is 3.65. The predicted octanol–water partition coefficient (Wildman–Crippen LogP) is 2.90. The molecular weight excluding hydrogens is 256 g/mol. The van der Waals surface area contributed by atoms with E-state index in [1.165, 1.54) is 5.56 Å². The lowest BCUT2D eigenvalue weighted by atomic mass is 10.1. The minimum absolute atomic E-state index is 0.0161. The number of hydrogen-bond donors (Lipinski definition) is 0. The van der Waals surface area contributed by atoms with Gasteiger partial charge in [0.25, 0.3) is 0 Å². The number of thiazole rings is 1. The molecule has 1 saturated heterocycles. The van der Waals surface area contributed by atoms with Crippen molar-refractivity contribution in [2.75, 3.05) is 11.4 Å². The third-order valence-corrected chi connectivity index (χ3v) is 4.44. The van der Waals surface area contributed by atoms with Crippen LogP contribution in [0.25, 0.3) is 10.2 Å². The maximum absolute atomic E-state index is 12.0. The van der Waals surface area contributed by atoms with Gasteiger partial charge in [-0.1, -0.05) is 17.4 Å². The van der Waals surface area contributed by atoms with Crippen LogP contribution in [0.2, 0.25) is 0 Å². The molecule has 1 atom stereocenters. The largest absolute Gasteiger partial charge is 0.287 e. The van der Waals surface area contributed by atoms with Gasteiger partial charge in [-0.2, -0.15) is 0 Å². The minimum atomic E-state index is 0.0161. The van der Waals surface area contributed by atoms with Crippen molar-refractivity contribution in [2.45, 2.75) is 20.3 Å². The van der Waals surface area contributed by atoms with Gasteiger partial charge in [0.1, 0.15) is 0 Å². The van der Waals surface area contributed by atoms with Crippen LogP contribution in [-0.4, -0.2) is 17.4 Å². The third-order valence-electron chi connectivity index (χ3n) is 3.41. The lowest BCUT2D eigenvalue weighted by Crippen LogP contribution is -2.24. The molecule has 1 aromatic heterocycles. The average molecular weight is 270 g/mol. The average Bonchev–Trinajstić information content (AvgIpc) is 2.92. The maximum Gasteiger partial charge on any atom is 0.230 e. The van der Waals surface area contributed by atoms with E-state index >= 15 is 0 Å². The molecule has 0 saturated carbocycles. The molecule has 1 aromatic carbocycles. The Morgan fingerprint density at radius 3 is 2.95 bits per heavy atom. The summed E-state index contributed by atoms with van der Waals surface area (Å²) in [6.45, 7) is 4.71. The monoisotopic (exact) mass is 270 g/mol. The van der Waals surface area contributed by atoms with Crippen molar-refractivity contribution in [3.8, 4) is 12.3 Å². The van der Waals surface area contributed by atoms with Crippen LogP contribution < -0.4 is 4.90 Å².